The van der Waals surface area contributed by atoms with Gasteiger partial charge in [0.05, 0.1) is 12.5 Å². The number of benzene rings is 2. The number of fused-ring (bicyclic) bond motifs is 1. The number of hydrogen-bond donors (Lipinski definition) is 1. The molecular weight excluding hydrogens is 356 g/mol. The summed E-state index contributed by atoms with van der Waals surface area (Å²) in [6.45, 7) is 2.55. The number of carbonyl (C=O) groups is 2. The van der Waals surface area contributed by atoms with Crippen LogP contribution in [0, 0.1) is 6.92 Å². The van der Waals surface area contributed by atoms with Crippen molar-refractivity contribution in [1.29, 1.82) is 0 Å². The van der Waals surface area contributed by atoms with Gasteiger partial charge < -0.3 is 10.2 Å². The number of amides is 2. The van der Waals surface area contributed by atoms with Crippen LogP contribution in [0.4, 0.5) is 5.69 Å². The van der Waals surface area contributed by atoms with Crippen LogP contribution in [0.5, 0.6) is 0 Å². The van der Waals surface area contributed by atoms with E-state index in [1.807, 2.05) is 77.9 Å². The first-order chi connectivity index (χ1) is 13.1. The first-order valence-electron chi connectivity index (χ1n) is 8.90. The maximum Gasteiger partial charge on any atom is 0.255 e. The molecule has 1 atom stereocenters. The number of aryl methyl sites for hydroxylation is 1. The molecule has 1 aliphatic rings. The average molecular weight is 376 g/mol. The molecule has 5 heteroatoms. The van der Waals surface area contributed by atoms with Crippen molar-refractivity contribution < 1.29 is 9.59 Å². The van der Waals surface area contributed by atoms with E-state index in [0.717, 1.165) is 27.3 Å². The Morgan fingerprint density at radius 3 is 2.59 bits per heavy atom. The third-order valence-corrected chi connectivity index (χ3v) is 5.78. The van der Waals surface area contributed by atoms with Crippen molar-refractivity contribution in [3.8, 4) is 0 Å². The molecule has 0 spiro atoms. The highest BCUT2D eigenvalue weighted by Crippen LogP contribution is 2.35. The molecule has 0 saturated heterocycles. The van der Waals surface area contributed by atoms with E-state index in [2.05, 4.69) is 5.32 Å². The van der Waals surface area contributed by atoms with Gasteiger partial charge in [-0.25, -0.2) is 0 Å². The summed E-state index contributed by atoms with van der Waals surface area (Å²) < 4.78 is 0. The zero-order chi connectivity index (χ0) is 18.8. The highest BCUT2D eigenvalue weighted by molar-refractivity contribution is 7.10. The Kier molecular flexibility index (Phi) is 4.77. The number of anilines is 1. The molecule has 2 heterocycles. The number of carbonyl (C=O) groups excluding carboxylic acids is 2. The number of nitrogens with zero attached hydrogens (tertiary/aromatic N) is 1. The Morgan fingerprint density at radius 2 is 1.89 bits per heavy atom. The normalized spacial score (nSPS) is 14.1. The first-order valence-corrected chi connectivity index (χ1v) is 9.78. The molecule has 0 bridgehead atoms. The minimum absolute atomic E-state index is 0.00728. The number of thiophene rings is 1. The molecule has 4 rings (SSSR count). The summed E-state index contributed by atoms with van der Waals surface area (Å²) >= 11 is 1.57. The van der Waals surface area contributed by atoms with E-state index in [9.17, 15) is 9.59 Å². The van der Waals surface area contributed by atoms with Gasteiger partial charge in [-0.1, -0.05) is 42.0 Å². The van der Waals surface area contributed by atoms with Crippen LogP contribution in [0.2, 0.25) is 0 Å². The molecule has 0 saturated carbocycles. The van der Waals surface area contributed by atoms with Gasteiger partial charge in [0.15, 0.2) is 0 Å². The van der Waals surface area contributed by atoms with Crippen molar-refractivity contribution in [2.75, 3.05) is 5.32 Å². The van der Waals surface area contributed by atoms with Crippen molar-refractivity contribution in [2.24, 2.45) is 0 Å². The van der Waals surface area contributed by atoms with Gasteiger partial charge in [-0.05, 0) is 42.1 Å². The average Bonchev–Trinajstić information content (AvgIpc) is 3.31. The van der Waals surface area contributed by atoms with Crippen LogP contribution in [0.1, 0.15) is 38.8 Å². The van der Waals surface area contributed by atoms with Gasteiger partial charge in [0, 0.05) is 22.7 Å². The van der Waals surface area contributed by atoms with Gasteiger partial charge in [-0.2, -0.15) is 0 Å². The van der Waals surface area contributed by atoms with Gasteiger partial charge in [0.2, 0.25) is 5.91 Å². The summed E-state index contributed by atoms with van der Waals surface area (Å²) in [5, 5.41) is 4.93. The molecule has 1 aromatic heterocycles. The molecule has 4 nitrogen and oxygen atoms in total. The third-order valence-electron chi connectivity index (χ3n) is 4.81. The number of nitrogens with one attached hydrogen (secondary N) is 1. The van der Waals surface area contributed by atoms with E-state index >= 15 is 0 Å². The van der Waals surface area contributed by atoms with E-state index < -0.39 is 0 Å². The maximum absolute atomic E-state index is 12.9. The standard InChI is InChI=1S/C22H20N2O2S/c1-15-8-10-17(11-9-15)23-21(25)13-19(20-7-4-12-27-20)24-14-16-5-2-3-6-18(16)22(24)26/h2-12,19H,13-14H2,1H3,(H,23,25)/t19-/m0/s1. The highest BCUT2D eigenvalue weighted by atomic mass is 32.1. The number of hydrogen-bond acceptors (Lipinski definition) is 3. The second kappa shape index (κ2) is 7.37. The largest absolute Gasteiger partial charge is 0.326 e. The Balaban J connectivity index is 1.55. The predicted octanol–water partition coefficient (Wildman–Crippen LogP) is 4.78. The van der Waals surface area contributed by atoms with Crippen molar-refractivity contribution in [3.63, 3.8) is 0 Å². The van der Waals surface area contributed by atoms with Crippen LogP contribution in [0.25, 0.3) is 0 Å². The minimum Gasteiger partial charge on any atom is -0.326 e. The second-order valence-corrected chi connectivity index (χ2v) is 7.72. The zero-order valence-corrected chi connectivity index (χ0v) is 15.8. The molecule has 2 aromatic carbocycles. The van der Waals surface area contributed by atoms with Crippen LogP contribution in [0.15, 0.2) is 66.0 Å². The van der Waals surface area contributed by atoms with E-state index in [1.54, 1.807) is 11.3 Å². The molecular formula is C22H20N2O2S. The molecule has 136 valence electrons. The van der Waals surface area contributed by atoms with Crippen LogP contribution in [0.3, 0.4) is 0 Å². The third kappa shape index (κ3) is 3.64. The van der Waals surface area contributed by atoms with Crippen molar-refractivity contribution in [3.05, 3.63) is 87.6 Å². The molecule has 0 fully saturated rings. The van der Waals surface area contributed by atoms with E-state index in [-0.39, 0.29) is 24.3 Å². The highest BCUT2D eigenvalue weighted by Gasteiger charge is 2.34. The lowest BCUT2D eigenvalue weighted by molar-refractivity contribution is -0.117. The predicted molar refractivity (Wildman–Crippen MR) is 108 cm³/mol. The van der Waals surface area contributed by atoms with Gasteiger partial charge in [-0.3, -0.25) is 9.59 Å². The molecule has 3 aromatic rings. The molecule has 2 amide bonds. The van der Waals surface area contributed by atoms with Crippen LogP contribution < -0.4 is 5.32 Å². The summed E-state index contributed by atoms with van der Waals surface area (Å²) in [6.07, 6.45) is 0.230. The fourth-order valence-corrected chi connectivity index (χ4v) is 4.24. The van der Waals surface area contributed by atoms with Gasteiger partial charge in [0.25, 0.3) is 5.91 Å². The Hall–Kier alpha value is -2.92. The van der Waals surface area contributed by atoms with Crippen molar-refractivity contribution in [2.45, 2.75) is 25.9 Å². The zero-order valence-electron chi connectivity index (χ0n) is 15.0. The van der Waals surface area contributed by atoms with Crippen LogP contribution >= 0.6 is 11.3 Å². The lowest BCUT2D eigenvalue weighted by Crippen LogP contribution is -2.31. The van der Waals surface area contributed by atoms with Gasteiger partial charge in [0.1, 0.15) is 0 Å². The summed E-state index contributed by atoms with van der Waals surface area (Å²) in [6, 6.07) is 19.1. The quantitative estimate of drug-likeness (QED) is 0.696. The Morgan fingerprint density at radius 1 is 1.11 bits per heavy atom. The summed E-state index contributed by atoms with van der Waals surface area (Å²) in [7, 11) is 0. The SMILES string of the molecule is Cc1ccc(NC(=O)C[C@@H](c2cccs2)N2Cc3ccccc3C2=O)cc1. The molecule has 1 N–H and O–H groups in total. The van der Waals surface area contributed by atoms with E-state index in [4.69, 9.17) is 0 Å². The van der Waals surface area contributed by atoms with Gasteiger partial charge in [-0.15, -0.1) is 11.3 Å². The molecule has 1 aliphatic heterocycles. The fourth-order valence-electron chi connectivity index (χ4n) is 3.40. The monoisotopic (exact) mass is 376 g/mol. The topological polar surface area (TPSA) is 49.4 Å². The Labute approximate surface area is 162 Å². The summed E-state index contributed by atoms with van der Waals surface area (Å²) in [4.78, 5) is 28.4. The fraction of sp³-hybridized carbons (Fsp3) is 0.182. The van der Waals surface area contributed by atoms with E-state index in [1.165, 1.54) is 0 Å². The van der Waals surface area contributed by atoms with Crippen molar-refractivity contribution in [1.82, 2.24) is 4.90 Å². The van der Waals surface area contributed by atoms with E-state index in [0.29, 0.717) is 6.54 Å². The first kappa shape index (κ1) is 17.5. The number of rotatable bonds is 5. The van der Waals surface area contributed by atoms with Crippen molar-refractivity contribution >= 4 is 28.8 Å². The molecule has 27 heavy (non-hydrogen) atoms. The Bertz CT molecular complexity index is 964. The molecule has 0 unspecified atom stereocenters. The second-order valence-electron chi connectivity index (χ2n) is 6.74. The lowest BCUT2D eigenvalue weighted by Gasteiger charge is -2.26. The maximum atomic E-state index is 12.9. The van der Waals surface area contributed by atoms with Gasteiger partial charge >= 0.3 is 0 Å². The summed E-state index contributed by atoms with van der Waals surface area (Å²) in [5.74, 6) is -0.104. The van der Waals surface area contributed by atoms with Crippen LogP contribution in [-0.2, 0) is 11.3 Å². The molecule has 0 aliphatic carbocycles. The lowest BCUT2D eigenvalue weighted by atomic mass is 10.1. The van der Waals surface area contributed by atoms with Crippen LogP contribution in [-0.4, -0.2) is 16.7 Å². The minimum atomic E-state index is -0.268. The summed E-state index contributed by atoms with van der Waals surface area (Å²) in [5.41, 5.74) is 3.66. The molecule has 0 radical (unpaired) electrons. The smallest absolute Gasteiger partial charge is 0.255 e.